The summed E-state index contributed by atoms with van der Waals surface area (Å²) in [5.41, 5.74) is 1.41. The molecular weight excluding hydrogens is 382 g/mol. The molecular formula is C20H14ClN3O2S. The Labute approximate surface area is 163 Å². The van der Waals surface area contributed by atoms with Gasteiger partial charge in [-0.05, 0) is 42.5 Å². The number of hydrogen-bond acceptors (Lipinski definition) is 4. The third-order valence-electron chi connectivity index (χ3n) is 4.02. The molecule has 2 aromatic carbocycles. The molecule has 2 aromatic heterocycles. The van der Waals surface area contributed by atoms with Gasteiger partial charge in [-0.3, -0.25) is 9.78 Å². The lowest BCUT2D eigenvalue weighted by Crippen LogP contribution is -2.27. The number of hydrogen-bond donors (Lipinski definition) is 0. The Balaban J connectivity index is 1.92. The minimum absolute atomic E-state index is 0.159. The van der Waals surface area contributed by atoms with Gasteiger partial charge >= 0.3 is 5.16 Å². The average molecular weight is 396 g/mol. The SMILES string of the molecule is O=c1c2ccc(Cl)cc2nc([S+]([O-])Cc2ccccn2)n1-c1ccccc1. The normalized spacial score (nSPS) is 12.2. The van der Waals surface area contributed by atoms with Crippen LogP contribution in [0.1, 0.15) is 5.69 Å². The average Bonchev–Trinajstić information content (AvgIpc) is 2.69. The van der Waals surface area contributed by atoms with E-state index in [1.807, 2.05) is 24.3 Å². The van der Waals surface area contributed by atoms with Crippen molar-refractivity contribution in [2.24, 2.45) is 0 Å². The van der Waals surface area contributed by atoms with E-state index in [2.05, 4.69) is 9.97 Å². The Kier molecular flexibility index (Phi) is 4.94. The van der Waals surface area contributed by atoms with Gasteiger partial charge < -0.3 is 4.55 Å². The molecule has 0 saturated carbocycles. The first-order valence-electron chi connectivity index (χ1n) is 8.19. The van der Waals surface area contributed by atoms with Crippen molar-refractivity contribution >= 4 is 33.7 Å². The first-order valence-corrected chi connectivity index (χ1v) is 9.89. The zero-order valence-electron chi connectivity index (χ0n) is 14.1. The summed E-state index contributed by atoms with van der Waals surface area (Å²) in [6, 6.07) is 19.4. The van der Waals surface area contributed by atoms with E-state index < -0.39 is 11.2 Å². The van der Waals surface area contributed by atoms with Crippen LogP contribution in [0.2, 0.25) is 5.02 Å². The van der Waals surface area contributed by atoms with Crippen LogP contribution >= 0.6 is 11.6 Å². The number of halogens is 1. The van der Waals surface area contributed by atoms with Crippen LogP contribution < -0.4 is 5.56 Å². The lowest BCUT2D eigenvalue weighted by molar-refractivity contribution is 0.578. The van der Waals surface area contributed by atoms with Gasteiger partial charge in [0.25, 0.3) is 5.56 Å². The summed E-state index contributed by atoms with van der Waals surface area (Å²) >= 11 is 4.48. The minimum Gasteiger partial charge on any atom is -0.609 e. The van der Waals surface area contributed by atoms with E-state index in [0.29, 0.717) is 27.3 Å². The molecule has 4 rings (SSSR count). The molecule has 0 aliphatic carbocycles. The number of benzene rings is 2. The molecule has 7 heteroatoms. The predicted molar refractivity (Wildman–Crippen MR) is 107 cm³/mol. The Hall–Kier alpha value is -2.67. The molecule has 27 heavy (non-hydrogen) atoms. The van der Waals surface area contributed by atoms with Crippen molar-refractivity contribution in [2.45, 2.75) is 10.9 Å². The first-order chi connectivity index (χ1) is 13.1. The molecule has 5 nitrogen and oxygen atoms in total. The molecule has 0 amide bonds. The van der Waals surface area contributed by atoms with E-state index in [0.717, 1.165) is 0 Å². The predicted octanol–water partition coefficient (Wildman–Crippen LogP) is 3.74. The maximum atomic E-state index is 13.1. The molecule has 1 unspecified atom stereocenters. The summed E-state index contributed by atoms with van der Waals surface area (Å²) < 4.78 is 14.5. The highest BCUT2D eigenvalue weighted by Crippen LogP contribution is 2.21. The first kappa shape index (κ1) is 17.7. The van der Waals surface area contributed by atoms with E-state index >= 15 is 0 Å². The maximum absolute atomic E-state index is 13.1. The van der Waals surface area contributed by atoms with E-state index in [1.54, 1.807) is 48.7 Å². The highest BCUT2D eigenvalue weighted by molar-refractivity contribution is 7.90. The Morgan fingerprint density at radius 1 is 1.04 bits per heavy atom. The molecule has 0 bridgehead atoms. The largest absolute Gasteiger partial charge is 0.609 e. The van der Waals surface area contributed by atoms with Crippen molar-refractivity contribution in [2.75, 3.05) is 0 Å². The van der Waals surface area contributed by atoms with E-state index in [9.17, 15) is 9.35 Å². The van der Waals surface area contributed by atoms with Crippen molar-refractivity contribution in [1.29, 1.82) is 0 Å². The third-order valence-corrected chi connectivity index (χ3v) is 5.50. The molecule has 0 aliphatic rings. The van der Waals surface area contributed by atoms with Gasteiger partial charge in [0.15, 0.2) is 5.75 Å². The van der Waals surface area contributed by atoms with E-state index in [-0.39, 0.29) is 16.5 Å². The molecule has 2 heterocycles. The van der Waals surface area contributed by atoms with Gasteiger partial charge in [0, 0.05) is 22.4 Å². The number of para-hydroxylation sites is 1. The Bertz CT molecular complexity index is 1150. The molecule has 0 fully saturated rings. The number of nitrogens with zero attached hydrogens (tertiary/aromatic N) is 3. The van der Waals surface area contributed by atoms with Crippen molar-refractivity contribution in [3.05, 3.63) is 94.0 Å². The highest BCUT2D eigenvalue weighted by Gasteiger charge is 2.24. The molecule has 0 spiro atoms. The zero-order chi connectivity index (χ0) is 18.8. The summed E-state index contributed by atoms with van der Waals surface area (Å²) in [5, 5.41) is 1.06. The fourth-order valence-corrected chi connectivity index (χ4v) is 4.11. The smallest absolute Gasteiger partial charge is 0.331 e. The highest BCUT2D eigenvalue weighted by atomic mass is 35.5. The van der Waals surface area contributed by atoms with Gasteiger partial charge in [0.1, 0.15) is 0 Å². The number of fused-ring (bicyclic) bond motifs is 1. The van der Waals surface area contributed by atoms with Crippen molar-refractivity contribution < 1.29 is 4.55 Å². The molecule has 0 radical (unpaired) electrons. The van der Waals surface area contributed by atoms with E-state index in [1.165, 1.54) is 4.57 Å². The standard InChI is InChI=1S/C20H14ClN3O2S/c21-14-9-10-17-18(12-14)23-20(27(26)13-15-6-4-5-11-22-15)24(19(17)25)16-7-2-1-3-8-16/h1-12H,13H2. The molecule has 1 atom stereocenters. The van der Waals surface area contributed by atoms with Gasteiger partial charge in [0.05, 0.1) is 22.3 Å². The van der Waals surface area contributed by atoms with Crippen LogP contribution in [0, 0.1) is 0 Å². The molecule has 134 valence electrons. The summed E-state index contributed by atoms with van der Waals surface area (Å²) in [7, 11) is 0. The van der Waals surface area contributed by atoms with Gasteiger partial charge in [-0.2, -0.15) is 4.98 Å². The van der Waals surface area contributed by atoms with Crippen LogP contribution in [0.15, 0.2) is 82.9 Å². The van der Waals surface area contributed by atoms with Gasteiger partial charge in [-0.15, -0.1) is 0 Å². The van der Waals surface area contributed by atoms with E-state index in [4.69, 9.17) is 11.6 Å². The lowest BCUT2D eigenvalue weighted by Gasteiger charge is -2.15. The number of aromatic nitrogens is 3. The van der Waals surface area contributed by atoms with Crippen molar-refractivity contribution in [3.8, 4) is 5.69 Å². The van der Waals surface area contributed by atoms with Crippen LogP contribution in [0.4, 0.5) is 0 Å². The van der Waals surface area contributed by atoms with Gasteiger partial charge in [0.2, 0.25) is 0 Å². The molecule has 4 aromatic rings. The lowest BCUT2D eigenvalue weighted by atomic mass is 10.2. The maximum Gasteiger partial charge on any atom is 0.331 e. The Morgan fingerprint density at radius 3 is 2.56 bits per heavy atom. The second-order valence-electron chi connectivity index (χ2n) is 5.84. The van der Waals surface area contributed by atoms with Crippen molar-refractivity contribution in [1.82, 2.24) is 14.5 Å². The Morgan fingerprint density at radius 2 is 1.81 bits per heavy atom. The third kappa shape index (κ3) is 3.60. The number of pyridine rings is 1. The fraction of sp³-hybridized carbons (Fsp3) is 0.0500. The fourth-order valence-electron chi connectivity index (χ4n) is 2.78. The second-order valence-corrected chi connectivity index (χ2v) is 7.62. The van der Waals surface area contributed by atoms with Gasteiger partial charge in [-0.1, -0.05) is 35.9 Å². The van der Waals surface area contributed by atoms with Crippen LogP contribution in [0.5, 0.6) is 0 Å². The van der Waals surface area contributed by atoms with Crippen LogP contribution in [0.25, 0.3) is 16.6 Å². The summed E-state index contributed by atoms with van der Waals surface area (Å²) in [5.74, 6) is 0.159. The zero-order valence-corrected chi connectivity index (χ0v) is 15.7. The monoisotopic (exact) mass is 395 g/mol. The summed E-state index contributed by atoms with van der Waals surface area (Å²) in [6.45, 7) is 0. The van der Waals surface area contributed by atoms with Crippen molar-refractivity contribution in [3.63, 3.8) is 0 Å². The topological polar surface area (TPSA) is 70.8 Å². The summed E-state index contributed by atoms with van der Waals surface area (Å²) in [6.07, 6.45) is 1.64. The van der Waals surface area contributed by atoms with Gasteiger partial charge in [-0.25, -0.2) is 4.57 Å². The number of rotatable bonds is 4. The van der Waals surface area contributed by atoms with Crippen LogP contribution in [0.3, 0.4) is 0 Å². The molecule has 0 aliphatic heterocycles. The summed E-state index contributed by atoms with van der Waals surface area (Å²) in [4.78, 5) is 21.9. The van der Waals surface area contributed by atoms with Crippen LogP contribution in [-0.4, -0.2) is 19.1 Å². The quantitative estimate of drug-likeness (QED) is 0.390. The van der Waals surface area contributed by atoms with Crippen LogP contribution in [-0.2, 0) is 16.9 Å². The molecule has 0 N–H and O–H groups in total. The second kappa shape index (κ2) is 7.52. The minimum atomic E-state index is -1.57. The molecule has 0 saturated heterocycles.